The molecule has 1 atom stereocenters. The number of benzene rings is 3. The van der Waals surface area contributed by atoms with Crippen LogP contribution in [0.1, 0.15) is 29.7 Å². The summed E-state index contributed by atoms with van der Waals surface area (Å²) in [6.07, 6.45) is -4.06. The summed E-state index contributed by atoms with van der Waals surface area (Å²) in [5, 5.41) is 0. The second-order valence-corrected chi connectivity index (χ2v) is 11.5. The molecule has 0 radical (unpaired) electrons. The van der Waals surface area contributed by atoms with E-state index in [9.17, 15) is 34.4 Å². The molecule has 0 saturated carbocycles. The van der Waals surface area contributed by atoms with Gasteiger partial charge in [-0.05, 0) is 47.9 Å². The maximum atomic E-state index is 14.4. The van der Waals surface area contributed by atoms with Gasteiger partial charge in [-0.2, -0.15) is 0 Å². The van der Waals surface area contributed by atoms with Gasteiger partial charge in [0, 0.05) is 17.7 Å². The van der Waals surface area contributed by atoms with Gasteiger partial charge < -0.3 is 4.74 Å². The van der Waals surface area contributed by atoms with Gasteiger partial charge in [0.1, 0.15) is 16.5 Å². The van der Waals surface area contributed by atoms with Crippen LogP contribution in [0.15, 0.2) is 83.1 Å². The van der Waals surface area contributed by atoms with Crippen LogP contribution in [0, 0.1) is 5.82 Å². The van der Waals surface area contributed by atoms with Gasteiger partial charge in [0.25, 0.3) is 0 Å². The molecule has 3 aromatic carbocycles. The lowest BCUT2D eigenvalue weighted by molar-refractivity contribution is -0.274. The molecule has 6 nitrogen and oxygen atoms in total. The minimum atomic E-state index is -5.08. The smallest absolute Gasteiger partial charge is 0.406 e. The molecule has 0 heterocycles. The van der Waals surface area contributed by atoms with Crippen LogP contribution in [-0.4, -0.2) is 29.5 Å². The first-order chi connectivity index (χ1) is 16.6. The molecule has 0 aromatic heterocycles. The van der Waals surface area contributed by atoms with E-state index >= 15 is 0 Å². The van der Waals surface area contributed by atoms with Gasteiger partial charge in [0.15, 0.2) is 0 Å². The summed E-state index contributed by atoms with van der Waals surface area (Å²) in [7, 11) is -8.10. The first-order valence-corrected chi connectivity index (χ1v) is 13.6. The summed E-state index contributed by atoms with van der Waals surface area (Å²) in [6.45, 7) is 5.52. The zero-order chi connectivity index (χ0) is 26.9. The van der Waals surface area contributed by atoms with Crippen molar-refractivity contribution in [3.05, 3.63) is 95.8 Å². The van der Waals surface area contributed by atoms with E-state index in [4.69, 9.17) is 0 Å². The summed E-state index contributed by atoms with van der Waals surface area (Å²) in [5.74, 6) is -1.88. The number of nitrogens with one attached hydrogen (secondary N) is 1. The van der Waals surface area contributed by atoms with Gasteiger partial charge in [-0.1, -0.05) is 43.0 Å². The van der Waals surface area contributed by atoms with E-state index < -0.39 is 53.6 Å². The molecule has 36 heavy (non-hydrogen) atoms. The fourth-order valence-electron chi connectivity index (χ4n) is 3.47. The van der Waals surface area contributed by atoms with E-state index in [-0.39, 0.29) is 11.1 Å². The van der Waals surface area contributed by atoms with Crippen molar-refractivity contribution in [1.29, 1.82) is 0 Å². The summed E-state index contributed by atoms with van der Waals surface area (Å²) in [6, 6.07) is 12.9. The van der Waals surface area contributed by atoms with Crippen molar-refractivity contribution in [3.63, 3.8) is 0 Å². The minimum absolute atomic E-state index is 0.0668. The van der Waals surface area contributed by atoms with Crippen molar-refractivity contribution in [3.8, 4) is 5.75 Å². The van der Waals surface area contributed by atoms with Crippen LogP contribution in [-0.2, 0) is 19.9 Å². The van der Waals surface area contributed by atoms with Crippen LogP contribution in [0.3, 0.4) is 0 Å². The first kappa shape index (κ1) is 27.4. The van der Waals surface area contributed by atoms with Crippen LogP contribution >= 0.6 is 0 Å². The molecule has 12 heteroatoms. The molecular weight excluding hydrogens is 522 g/mol. The summed E-state index contributed by atoms with van der Waals surface area (Å²) >= 11 is 0. The van der Waals surface area contributed by atoms with E-state index in [0.29, 0.717) is 17.2 Å². The average Bonchev–Trinajstić information content (AvgIpc) is 2.76. The van der Waals surface area contributed by atoms with Gasteiger partial charge in [0.05, 0.1) is 11.2 Å². The second-order valence-electron chi connectivity index (χ2n) is 7.85. The SMILES string of the molecule is C=C(c1ccc([C@H](C)NS(C)(=O)=O)cc1)c1ccc(OC(F)(F)F)cc1S(=O)(=O)c1ccccc1F. The Morgan fingerprint density at radius 3 is 2.11 bits per heavy atom. The Kier molecular flexibility index (Phi) is 7.63. The Hall–Kier alpha value is -3.22. The summed E-state index contributed by atoms with van der Waals surface area (Å²) < 4.78 is 109. The Bertz CT molecular complexity index is 1500. The number of sulfonamides is 1. The topological polar surface area (TPSA) is 89.5 Å². The highest BCUT2D eigenvalue weighted by Crippen LogP contribution is 2.36. The molecule has 0 aliphatic rings. The van der Waals surface area contributed by atoms with E-state index in [2.05, 4.69) is 16.0 Å². The molecule has 0 saturated heterocycles. The Morgan fingerprint density at radius 2 is 1.56 bits per heavy atom. The van der Waals surface area contributed by atoms with Crippen molar-refractivity contribution >= 4 is 25.4 Å². The predicted molar refractivity (Wildman–Crippen MR) is 126 cm³/mol. The Balaban J connectivity index is 2.09. The lowest BCUT2D eigenvalue weighted by Crippen LogP contribution is -2.25. The van der Waals surface area contributed by atoms with E-state index in [1.807, 2.05) is 0 Å². The maximum absolute atomic E-state index is 14.4. The maximum Gasteiger partial charge on any atom is 0.573 e. The molecule has 3 rings (SSSR count). The molecule has 0 bridgehead atoms. The van der Waals surface area contributed by atoms with Gasteiger partial charge in [-0.3, -0.25) is 0 Å². The Morgan fingerprint density at radius 1 is 0.944 bits per heavy atom. The highest BCUT2D eigenvalue weighted by molar-refractivity contribution is 7.91. The van der Waals surface area contributed by atoms with Crippen LogP contribution in [0.5, 0.6) is 5.75 Å². The summed E-state index contributed by atoms with van der Waals surface area (Å²) in [5.41, 5.74) is 1.06. The Labute approximate surface area is 206 Å². The number of ether oxygens (including phenoxy) is 1. The lowest BCUT2D eigenvalue weighted by atomic mass is 9.97. The molecule has 0 spiro atoms. The molecule has 192 valence electrons. The largest absolute Gasteiger partial charge is 0.573 e. The average molecular weight is 544 g/mol. The van der Waals surface area contributed by atoms with Gasteiger partial charge in [-0.25, -0.2) is 25.9 Å². The molecule has 3 aromatic rings. The molecular formula is C24H21F4NO5S2. The minimum Gasteiger partial charge on any atom is -0.406 e. The third kappa shape index (κ3) is 6.50. The highest BCUT2D eigenvalue weighted by Gasteiger charge is 2.33. The number of alkyl halides is 3. The van der Waals surface area contributed by atoms with Gasteiger partial charge in [-0.15, -0.1) is 13.2 Å². The summed E-state index contributed by atoms with van der Waals surface area (Å²) in [4.78, 5) is -1.35. The molecule has 0 aliphatic heterocycles. The molecule has 0 aliphatic carbocycles. The number of hydrogen-bond donors (Lipinski definition) is 1. The van der Waals surface area contributed by atoms with Crippen molar-refractivity contribution in [2.45, 2.75) is 29.1 Å². The predicted octanol–water partition coefficient (Wildman–Crippen LogP) is 5.23. The van der Waals surface area contributed by atoms with Gasteiger partial charge in [0.2, 0.25) is 19.9 Å². The number of hydrogen-bond acceptors (Lipinski definition) is 5. The van der Waals surface area contributed by atoms with Crippen molar-refractivity contribution < 1.29 is 39.1 Å². The van der Waals surface area contributed by atoms with E-state index in [1.54, 1.807) is 31.2 Å². The normalized spacial score (nSPS) is 13.3. The molecule has 0 fully saturated rings. The lowest BCUT2D eigenvalue weighted by Gasteiger charge is -2.17. The second kappa shape index (κ2) is 10.0. The highest BCUT2D eigenvalue weighted by atomic mass is 32.2. The van der Waals surface area contributed by atoms with Crippen LogP contribution in [0.25, 0.3) is 5.57 Å². The zero-order valence-electron chi connectivity index (χ0n) is 19.0. The third-order valence-electron chi connectivity index (χ3n) is 5.08. The van der Waals surface area contributed by atoms with Crippen molar-refractivity contribution in [2.75, 3.05) is 6.26 Å². The van der Waals surface area contributed by atoms with Crippen molar-refractivity contribution in [1.82, 2.24) is 4.72 Å². The van der Waals surface area contributed by atoms with Crippen molar-refractivity contribution in [2.24, 2.45) is 0 Å². The fourth-order valence-corrected chi connectivity index (χ4v) is 5.82. The van der Waals surface area contributed by atoms with Crippen LogP contribution in [0.2, 0.25) is 0 Å². The number of rotatable bonds is 8. The quantitative estimate of drug-likeness (QED) is 0.393. The number of halogens is 4. The molecule has 0 amide bonds. The molecule has 0 unspecified atom stereocenters. The number of sulfone groups is 1. The monoisotopic (exact) mass is 543 g/mol. The first-order valence-electron chi connectivity index (χ1n) is 10.2. The van der Waals surface area contributed by atoms with E-state index in [0.717, 1.165) is 30.5 Å². The third-order valence-corrected chi connectivity index (χ3v) is 7.69. The van der Waals surface area contributed by atoms with Crippen LogP contribution in [0.4, 0.5) is 17.6 Å². The van der Waals surface area contributed by atoms with Crippen LogP contribution < -0.4 is 9.46 Å². The standard InChI is InChI=1S/C24H21F4NO5S2/c1-15(17-8-10-18(11-9-17)16(2)29-35(3,30)31)20-13-12-19(34-24(26,27)28)14-23(20)36(32,33)22-7-5-4-6-21(22)25/h4-14,16,29H,1H2,2-3H3/t16-/m0/s1. The zero-order valence-corrected chi connectivity index (χ0v) is 20.6. The molecule has 1 N–H and O–H groups in total. The van der Waals surface area contributed by atoms with Gasteiger partial charge >= 0.3 is 6.36 Å². The van der Waals surface area contributed by atoms with E-state index in [1.165, 1.54) is 12.1 Å². The fraction of sp³-hybridized carbons (Fsp3) is 0.167.